The largest absolute Gasteiger partial charge is 0.392 e. The molecular weight excluding hydrogens is 597 g/mol. The van der Waals surface area contributed by atoms with Gasteiger partial charge < -0.3 is 24.8 Å². The lowest BCUT2D eigenvalue weighted by atomic mass is 9.99. The molecule has 1 aromatic heterocycles. The molecule has 1 fully saturated rings. The molecule has 236 valence electrons. The molecule has 7 nitrogen and oxygen atoms in total. The van der Waals surface area contributed by atoms with Crippen LogP contribution in [0.4, 0.5) is 27.6 Å². The van der Waals surface area contributed by atoms with Crippen LogP contribution < -0.4 is 5.32 Å². The molecule has 12 heteroatoms. The Morgan fingerprint density at radius 1 is 0.911 bits per heavy atom. The maximum absolute atomic E-state index is 14.2. The van der Waals surface area contributed by atoms with Crippen molar-refractivity contribution < 1.29 is 41.3 Å². The lowest BCUT2D eigenvalue weighted by Crippen LogP contribution is -2.38. The van der Waals surface area contributed by atoms with Crippen LogP contribution in [-0.4, -0.2) is 47.1 Å². The third-order valence-electron chi connectivity index (χ3n) is 7.46. The van der Waals surface area contributed by atoms with Crippen LogP contribution in [0.2, 0.25) is 0 Å². The van der Waals surface area contributed by atoms with E-state index in [2.05, 4.69) is 15.2 Å². The number of hydrogen-bond acceptors (Lipinski definition) is 6. The fourth-order valence-electron chi connectivity index (χ4n) is 5.08. The Morgan fingerprint density at radius 3 is 2.29 bits per heavy atom. The summed E-state index contributed by atoms with van der Waals surface area (Å²) in [7, 11) is 1.97. The number of pyridine rings is 1. The summed E-state index contributed by atoms with van der Waals surface area (Å²) >= 11 is 0. The number of likely N-dealkylation sites (N-methyl/N-ethyl adjacent to an activating group) is 1. The highest BCUT2D eigenvalue weighted by atomic mass is 19.2. The summed E-state index contributed by atoms with van der Waals surface area (Å²) in [6.07, 6.45) is 1.36. The minimum Gasteiger partial charge on any atom is -0.392 e. The van der Waals surface area contributed by atoms with Gasteiger partial charge in [0.05, 0.1) is 18.8 Å². The summed E-state index contributed by atoms with van der Waals surface area (Å²) in [5, 5.41) is 11.6. The first kappa shape index (κ1) is 32.2. The Labute approximate surface area is 256 Å². The van der Waals surface area contributed by atoms with Gasteiger partial charge in [-0.2, -0.15) is 0 Å². The monoisotopic (exact) mass is 627 g/mol. The van der Waals surface area contributed by atoms with Gasteiger partial charge in [-0.15, -0.1) is 0 Å². The van der Waals surface area contributed by atoms with Crippen molar-refractivity contribution in [2.24, 2.45) is 0 Å². The molecule has 0 radical (unpaired) electrons. The lowest BCUT2D eigenvalue weighted by molar-refractivity contribution is -0.252. The maximum atomic E-state index is 14.2. The van der Waals surface area contributed by atoms with E-state index < -0.39 is 53.0 Å². The average molecular weight is 628 g/mol. The number of aliphatic hydroxyl groups is 1. The zero-order chi connectivity index (χ0) is 32.1. The summed E-state index contributed by atoms with van der Waals surface area (Å²) in [6, 6.07) is 19.1. The number of hydrogen-bond donors (Lipinski definition) is 2. The Morgan fingerprint density at radius 2 is 1.62 bits per heavy atom. The van der Waals surface area contributed by atoms with Crippen molar-refractivity contribution in [1.29, 1.82) is 0 Å². The fourth-order valence-corrected chi connectivity index (χ4v) is 5.08. The van der Waals surface area contributed by atoms with Gasteiger partial charge in [-0.3, -0.25) is 9.78 Å². The predicted octanol–water partition coefficient (Wildman–Crippen LogP) is 6.24. The second kappa shape index (κ2) is 14.2. The summed E-state index contributed by atoms with van der Waals surface area (Å²) in [5.74, 6) is -12.8. The van der Waals surface area contributed by atoms with Gasteiger partial charge in [0.25, 0.3) is 5.91 Å². The van der Waals surface area contributed by atoms with E-state index in [0.29, 0.717) is 18.5 Å². The molecule has 45 heavy (non-hydrogen) atoms. The van der Waals surface area contributed by atoms with Crippen molar-refractivity contribution in [3.63, 3.8) is 0 Å². The minimum absolute atomic E-state index is 0.0205. The second-order valence-electron chi connectivity index (χ2n) is 10.7. The topological polar surface area (TPSA) is 83.9 Å². The Kier molecular flexibility index (Phi) is 10.2. The van der Waals surface area contributed by atoms with Crippen molar-refractivity contribution in [3.8, 4) is 0 Å². The van der Waals surface area contributed by atoms with Crippen LogP contribution in [-0.2, 0) is 22.5 Å². The summed E-state index contributed by atoms with van der Waals surface area (Å²) in [5.41, 5.74) is 1.43. The van der Waals surface area contributed by atoms with E-state index in [1.807, 2.05) is 37.4 Å². The number of carbonyl (C=O) groups is 1. The molecule has 5 rings (SSSR count). The molecule has 1 aliphatic heterocycles. The highest BCUT2D eigenvalue weighted by molar-refractivity contribution is 6.04. The minimum atomic E-state index is -2.35. The molecule has 1 amide bonds. The van der Waals surface area contributed by atoms with Crippen LogP contribution in [0.5, 0.6) is 0 Å². The quantitative estimate of drug-likeness (QED) is 0.123. The molecular formula is C33H30F5N3O4. The third kappa shape index (κ3) is 7.54. The van der Waals surface area contributed by atoms with Gasteiger partial charge >= 0.3 is 0 Å². The molecule has 1 saturated heterocycles. The van der Waals surface area contributed by atoms with E-state index in [1.165, 1.54) is 18.2 Å². The molecule has 0 bridgehead atoms. The summed E-state index contributed by atoms with van der Waals surface area (Å²) in [4.78, 5) is 19.1. The number of rotatable bonds is 10. The van der Waals surface area contributed by atoms with Crippen LogP contribution in [0.1, 0.15) is 51.6 Å². The van der Waals surface area contributed by atoms with E-state index >= 15 is 0 Å². The van der Waals surface area contributed by atoms with Gasteiger partial charge in [0.1, 0.15) is 5.56 Å². The molecule has 3 aromatic carbocycles. The Hall–Kier alpha value is -4.23. The van der Waals surface area contributed by atoms with E-state index in [0.717, 1.165) is 29.8 Å². The van der Waals surface area contributed by atoms with Gasteiger partial charge in [0, 0.05) is 49.1 Å². The Bertz CT molecular complexity index is 1610. The number of nitrogens with one attached hydrogen (secondary N) is 1. The zero-order valence-electron chi connectivity index (χ0n) is 24.2. The predicted molar refractivity (Wildman–Crippen MR) is 154 cm³/mol. The lowest BCUT2D eigenvalue weighted by Gasteiger charge is -2.38. The molecule has 0 aliphatic carbocycles. The SMILES string of the molecule is CN(CCc1ccccn1)C[C@@H]1C[C@H](c2ccc(CO)cc2)O[C@H](c2cccc(NC(=O)c3c(F)c(F)c(F)c(F)c3F)c2)O1. The van der Waals surface area contributed by atoms with Gasteiger partial charge in [0.2, 0.25) is 5.82 Å². The van der Waals surface area contributed by atoms with Crippen LogP contribution >= 0.6 is 0 Å². The number of amides is 1. The summed E-state index contributed by atoms with van der Waals surface area (Å²) in [6.45, 7) is 1.16. The van der Waals surface area contributed by atoms with E-state index in [4.69, 9.17) is 9.47 Å². The average Bonchev–Trinajstić information content (AvgIpc) is 3.06. The van der Waals surface area contributed by atoms with Crippen LogP contribution in [0, 0.1) is 29.1 Å². The van der Waals surface area contributed by atoms with Crippen molar-refractivity contribution >= 4 is 11.6 Å². The molecule has 2 heterocycles. The first-order chi connectivity index (χ1) is 21.6. The van der Waals surface area contributed by atoms with Gasteiger partial charge in [-0.25, -0.2) is 22.0 Å². The second-order valence-corrected chi connectivity index (χ2v) is 10.7. The van der Waals surface area contributed by atoms with Crippen LogP contribution in [0.3, 0.4) is 0 Å². The maximum Gasteiger partial charge on any atom is 0.261 e. The van der Waals surface area contributed by atoms with Crippen molar-refractivity contribution in [2.45, 2.75) is 37.9 Å². The fraction of sp³-hybridized carbons (Fsp3) is 0.273. The van der Waals surface area contributed by atoms with Crippen LogP contribution in [0.15, 0.2) is 72.9 Å². The Balaban J connectivity index is 1.35. The number of anilines is 1. The molecule has 0 unspecified atom stereocenters. The first-order valence-corrected chi connectivity index (χ1v) is 14.2. The van der Waals surface area contributed by atoms with Crippen molar-refractivity contribution in [3.05, 3.63) is 130 Å². The standard InChI is InChI=1S/C33H30F5N3O4/c1-41(14-12-22-6-2-3-13-39-22)17-24-16-25(20-10-8-19(18-42)9-11-20)45-33(44-24)21-5-4-7-23(15-21)40-32(43)26-27(34)29(36)31(38)30(37)28(26)35/h2-11,13,15,24-25,33,42H,12,14,16-18H2,1H3,(H,40,43)/t24-,25+,33+/m0/s1. The number of aromatic nitrogens is 1. The van der Waals surface area contributed by atoms with Gasteiger partial charge in [-0.1, -0.05) is 42.5 Å². The number of nitrogens with zero attached hydrogens (tertiary/aromatic N) is 2. The molecule has 0 saturated carbocycles. The number of halogens is 5. The van der Waals surface area contributed by atoms with E-state index in [-0.39, 0.29) is 18.4 Å². The number of benzene rings is 3. The van der Waals surface area contributed by atoms with Gasteiger partial charge in [0.15, 0.2) is 29.6 Å². The number of aliphatic hydroxyl groups excluding tert-OH is 1. The molecule has 0 spiro atoms. The van der Waals surface area contributed by atoms with Crippen molar-refractivity contribution in [1.82, 2.24) is 9.88 Å². The van der Waals surface area contributed by atoms with Crippen LogP contribution in [0.25, 0.3) is 0 Å². The first-order valence-electron chi connectivity index (χ1n) is 14.2. The zero-order valence-corrected chi connectivity index (χ0v) is 24.2. The number of ether oxygens (including phenoxy) is 2. The van der Waals surface area contributed by atoms with Crippen molar-refractivity contribution in [2.75, 3.05) is 25.5 Å². The smallest absolute Gasteiger partial charge is 0.261 e. The third-order valence-corrected chi connectivity index (χ3v) is 7.46. The van der Waals surface area contributed by atoms with E-state index in [9.17, 15) is 31.9 Å². The molecule has 1 aliphatic rings. The van der Waals surface area contributed by atoms with Gasteiger partial charge in [-0.05, 0) is 42.4 Å². The normalized spacial score (nSPS) is 18.3. The molecule has 4 aromatic rings. The molecule has 2 N–H and O–H groups in total. The highest BCUT2D eigenvalue weighted by Crippen LogP contribution is 2.38. The summed E-state index contributed by atoms with van der Waals surface area (Å²) < 4.78 is 82.0. The highest BCUT2D eigenvalue weighted by Gasteiger charge is 2.33. The van der Waals surface area contributed by atoms with E-state index in [1.54, 1.807) is 24.4 Å². The molecule has 3 atom stereocenters. The number of carbonyl (C=O) groups excluding carboxylic acids is 1.